The molecule has 1 unspecified atom stereocenters. The van der Waals surface area contributed by atoms with E-state index in [9.17, 15) is 4.79 Å². The Kier molecular flexibility index (Phi) is 2.80. The Labute approximate surface area is 77.6 Å². The highest BCUT2D eigenvalue weighted by Crippen LogP contribution is 2.14. The average molecular weight is 185 g/mol. The first-order valence-corrected chi connectivity index (χ1v) is 4.82. The van der Waals surface area contributed by atoms with E-state index in [1.165, 1.54) is 0 Å². The summed E-state index contributed by atoms with van der Waals surface area (Å²) < 4.78 is 10.1. The van der Waals surface area contributed by atoms with Crippen molar-refractivity contribution in [3.05, 3.63) is 0 Å². The van der Waals surface area contributed by atoms with Crippen molar-refractivity contribution >= 4 is 5.97 Å². The summed E-state index contributed by atoms with van der Waals surface area (Å²) in [5.41, 5.74) is 0. The van der Waals surface area contributed by atoms with Crippen LogP contribution in [0.5, 0.6) is 0 Å². The van der Waals surface area contributed by atoms with E-state index in [1.807, 2.05) is 0 Å². The van der Waals surface area contributed by atoms with Gasteiger partial charge in [0.1, 0.15) is 6.10 Å². The highest BCUT2D eigenvalue weighted by molar-refractivity contribution is 5.70. The zero-order valence-corrected chi connectivity index (χ0v) is 7.62. The van der Waals surface area contributed by atoms with Crippen molar-refractivity contribution in [1.29, 1.82) is 0 Å². The van der Waals surface area contributed by atoms with Gasteiger partial charge in [-0.05, 0) is 25.4 Å². The molecule has 0 aromatic heterocycles. The molecular weight excluding hydrogens is 170 g/mol. The largest absolute Gasteiger partial charge is 0.457 e. The summed E-state index contributed by atoms with van der Waals surface area (Å²) in [5, 5.41) is 3.23. The Morgan fingerprint density at radius 1 is 1.54 bits per heavy atom. The third kappa shape index (κ3) is 2.42. The number of hydrogen-bond donors (Lipinski definition) is 1. The van der Waals surface area contributed by atoms with Crippen LogP contribution in [0.4, 0.5) is 0 Å². The molecule has 1 N–H and O–H groups in total. The normalized spacial score (nSPS) is 28.5. The molecule has 74 valence electrons. The number of esters is 1. The summed E-state index contributed by atoms with van der Waals surface area (Å²) in [5.74, 6) is 0.412. The summed E-state index contributed by atoms with van der Waals surface area (Å²) in [4.78, 5) is 11.3. The number of ether oxygens (including phenoxy) is 2. The molecular formula is C9H15NO3. The average Bonchev–Trinajstić information content (AvgIpc) is 2.49. The molecule has 2 aliphatic rings. The van der Waals surface area contributed by atoms with E-state index >= 15 is 0 Å². The molecule has 1 atom stereocenters. The smallest absolute Gasteiger partial charge is 0.306 e. The summed E-state index contributed by atoms with van der Waals surface area (Å²) in [6, 6.07) is 0. The second-order valence-corrected chi connectivity index (χ2v) is 3.71. The number of rotatable bonds is 3. The fourth-order valence-electron chi connectivity index (χ4n) is 1.64. The van der Waals surface area contributed by atoms with Crippen LogP contribution in [0.3, 0.4) is 0 Å². The van der Waals surface area contributed by atoms with Crippen molar-refractivity contribution in [3.8, 4) is 0 Å². The van der Waals surface area contributed by atoms with Crippen molar-refractivity contribution in [3.63, 3.8) is 0 Å². The van der Waals surface area contributed by atoms with Gasteiger partial charge in [0.15, 0.2) is 0 Å². The van der Waals surface area contributed by atoms with Crippen LogP contribution in [0.15, 0.2) is 0 Å². The van der Waals surface area contributed by atoms with Crippen LogP contribution in [0, 0.1) is 5.92 Å². The Morgan fingerprint density at radius 3 is 2.92 bits per heavy atom. The molecule has 4 heteroatoms. The van der Waals surface area contributed by atoms with Crippen molar-refractivity contribution in [1.82, 2.24) is 5.32 Å². The zero-order valence-electron chi connectivity index (χ0n) is 7.62. The molecule has 0 bridgehead atoms. The van der Waals surface area contributed by atoms with Gasteiger partial charge in [-0.3, -0.25) is 4.79 Å². The van der Waals surface area contributed by atoms with E-state index in [-0.39, 0.29) is 12.1 Å². The number of carbonyl (C=O) groups excluding carboxylic acids is 1. The quantitative estimate of drug-likeness (QED) is 0.625. The fraction of sp³-hybridized carbons (Fsp3) is 0.889. The van der Waals surface area contributed by atoms with E-state index in [0.29, 0.717) is 25.6 Å². The standard InChI is InChI=1S/C9H15NO3/c11-9(13-8-5-12-6-8)3-7-1-2-10-4-7/h7-8,10H,1-6H2. The molecule has 0 saturated carbocycles. The predicted octanol–water partition coefficient (Wildman–Crippen LogP) is -0.0720. The lowest BCUT2D eigenvalue weighted by Gasteiger charge is -2.26. The highest BCUT2D eigenvalue weighted by Gasteiger charge is 2.25. The SMILES string of the molecule is O=C(CC1CCNC1)OC1COC1. The molecule has 2 rings (SSSR count). The van der Waals surface area contributed by atoms with Gasteiger partial charge in [-0.25, -0.2) is 0 Å². The van der Waals surface area contributed by atoms with Crippen molar-refractivity contribution in [2.24, 2.45) is 5.92 Å². The summed E-state index contributed by atoms with van der Waals surface area (Å²) in [7, 11) is 0. The Hall–Kier alpha value is -0.610. The topological polar surface area (TPSA) is 47.6 Å². The van der Waals surface area contributed by atoms with Crippen LogP contribution in [0.2, 0.25) is 0 Å². The van der Waals surface area contributed by atoms with Crippen LogP contribution in [0.1, 0.15) is 12.8 Å². The fourth-order valence-corrected chi connectivity index (χ4v) is 1.64. The van der Waals surface area contributed by atoms with Crippen molar-refractivity contribution < 1.29 is 14.3 Å². The lowest BCUT2D eigenvalue weighted by atomic mass is 10.1. The molecule has 2 fully saturated rings. The van der Waals surface area contributed by atoms with Crippen LogP contribution in [-0.2, 0) is 14.3 Å². The maximum Gasteiger partial charge on any atom is 0.306 e. The molecule has 0 spiro atoms. The Bertz CT molecular complexity index is 185. The van der Waals surface area contributed by atoms with Gasteiger partial charge in [-0.1, -0.05) is 0 Å². The van der Waals surface area contributed by atoms with Crippen molar-refractivity contribution in [2.75, 3.05) is 26.3 Å². The molecule has 13 heavy (non-hydrogen) atoms. The number of nitrogens with one attached hydrogen (secondary N) is 1. The summed E-state index contributed by atoms with van der Waals surface area (Å²) in [6.45, 7) is 3.14. The van der Waals surface area contributed by atoms with Gasteiger partial charge in [-0.2, -0.15) is 0 Å². The van der Waals surface area contributed by atoms with E-state index in [4.69, 9.17) is 9.47 Å². The second kappa shape index (κ2) is 4.07. The van der Waals surface area contributed by atoms with E-state index in [2.05, 4.69) is 5.32 Å². The van der Waals surface area contributed by atoms with Gasteiger partial charge < -0.3 is 14.8 Å². The third-order valence-electron chi connectivity index (χ3n) is 2.52. The monoisotopic (exact) mass is 185 g/mol. The molecule has 0 radical (unpaired) electrons. The summed E-state index contributed by atoms with van der Waals surface area (Å²) in [6.07, 6.45) is 1.68. The minimum absolute atomic E-state index is 0.0295. The number of carbonyl (C=O) groups is 1. The highest BCUT2D eigenvalue weighted by atomic mass is 16.6. The van der Waals surface area contributed by atoms with Gasteiger partial charge in [0, 0.05) is 6.42 Å². The molecule has 0 aliphatic carbocycles. The van der Waals surface area contributed by atoms with Crippen LogP contribution in [0.25, 0.3) is 0 Å². The first-order chi connectivity index (χ1) is 6.34. The molecule has 0 aromatic rings. The van der Waals surface area contributed by atoms with Gasteiger partial charge in [-0.15, -0.1) is 0 Å². The second-order valence-electron chi connectivity index (χ2n) is 3.71. The summed E-state index contributed by atoms with van der Waals surface area (Å²) >= 11 is 0. The molecule has 2 aliphatic heterocycles. The van der Waals surface area contributed by atoms with Crippen LogP contribution < -0.4 is 5.32 Å². The Morgan fingerprint density at radius 2 is 2.38 bits per heavy atom. The first kappa shape index (κ1) is 8.97. The Balaban J connectivity index is 1.64. The minimum Gasteiger partial charge on any atom is -0.457 e. The molecule has 2 saturated heterocycles. The minimum atomic E-state index is -0.0676. The molecule has 0 aromatic carbocycles. The molecule has 0 amide bonds. The van der Waals surface area contributed by atoms with E-state index < -0.39 is 0 Å². The lowest BCUT2D eigenvalue weighted by Crippen LogP contribution is -2.38. The lowest BCUT2D eigenvalue weighted by molar-refractivity contribution is -0.173. The zero-order chi connectivity index (χ0) is 9.10. The molecule has 4 nitrogen and oxygen atoms in total. The number of hydrogen-bond acceptors (Lipinski definition) is 4. The maximum atomic E-state index is 11.3. The van der Waals surface area contributed by atoms with E-state index in [1.54, 1.807) is 0 Å². The van der Waals surface area contributed by atoms with Gasteiger partial charge in [0.2, 0.25) is 0 Å². The molecule has 2 heterocycles. The van der Waals surface area contributed by atoms with Crippen LogP contribution >= 0.6 is 0 Å². The van der Waals surface area contributed by atoms with Gasteiger partial charge >= 0.3 is 5.97 Å². The van der Waals surface area contributed by atoms with E-state index in [0.717, 1.165) is 19.5 Å². The van der Waals surface area contributed by atoms with Gasteiger partial charge in [0.05, 0.1) is 13.2 Å². The van der Waals surface area contributed by atoms with Crippen molar-refractivity contribution in [2.45, 2.75) is 18.9 Å². The maximum absolute atomic E-state index is 11.3. The van der Waals surface area contributed by atoms with Crippen LogP contribution in [-0.4, -0.2) is 38.4 Å². The first-order valence-electron chi connectivity index (χ1n) is 4.82. The third-order valence-corrected chi connectivity index (χ3v) is 2.52. The predicted molar refractivity (Wildman–Crippen MR) is 46.3 cm³/mol. The van der Waals surface area contributed by atoms with Gasteiger partial charge in [0.25, 0.3) is 0 Å².